The second-order valence-corrected chi connectivity index (χ2v) is 6.21. The van der Waals surface area contributed by atoms with Gasteiger partial charge in [-0.3, -0.25) is 25.0 Å². The second-order valence-electron chi connectivity index (χ2n) is 4.92. The van der Waals surface area contributed by atoms with Crippen LogP contribution in [0.2, 0.25) is 0 Å². The van der Waals surface area contributed by atoms with Gasteiger partial charge in [0, 0.05) is 22.7 Å². The number of ether oxygens (including phenoxy) is 2. The first-order valence-corrected chi connectivity index (χ1v) is 8.12. The highest BCUT2D eigenvalue weighted by molar-refractivity contribution is 9.10. The van der Waals surface area contributed by atoms with Crippen LogP contribution in [0, 0.1) is 20.2 Å². The highest BCUT2D eigenvalue weighted by atomic mass is 79.9. The van der Waals surface area contributed by atoms with Gasteiger partial charge in [-0.25, -0.2) is 0 Å². The van der Waals surface area contributed by atoms with Crippen LogP contribution in [-0.4, -0.2) is 21.2 Å². The third kappa shape index (κ3) is 4.67. The average Bonchev–Trinajstić information content (AvgIpc) is 2.56. The molecule has 2 aromatic carbocycles. The summed E-state index contributed by atoms with van der Waals surface area (Å²) in [4.78, 5) is 32.0. The zero-order valence-corrected chi connectivity index (χ0v) is 15.4. The van der Waals surface area contributed by atoms with Gasteiger partial charge in [0.2, 0.25) is 11.5 Å². The minimum Gasteiger partial charge on any atom is -0.474 e. The van der Waals surface area contributed by atoms with E-state index in [9.17, 15) is 25.0 Å². The average molecular weight is 446 g/mol. The zero-order valence-electron chi connectivity index (χ0n) is 13.0. The quantitative estimate of drug-likeness (QED) is 0.347. The molecule has 0 saturated carbocycles. The first-order chi connectivity index (χ1) is 12.2. The van der Waals surface area contributed by atoms with Crippen molar-refractivity contribution in [2.75, 3.05) is 0 Å². The lowest BCUT2D eigenvalue weighted by Crippen LogP contribution is -2.19. The highest BCUT2D eigenvalue weighted by Gasteiger charge is 2.22. The van der Waals surface area contributed by atoms with Gasteiger partial charge in [0.15, 0.2) is 6.10 Å². The Hall–Kier alpha value is -2.72. The predicted molar refractivity (Wildman–Crippen MR) is 94.9 cm³/mol. The van der Waals surface area contributed by atoms with Crippen molar-refractivity contribution in [3.05, 3.63) is 61.1 Å². The molecule has 0 N–H and O–H groups in total. The minimum absolute atomic E-state index is 0.0465. The maximum atomic E-state index is 11.1. The lowest BCUT2D eigenvalue weighted by molar-refractivity contribution is -0.386. The summed E-state index contributed by atoms with van der Waals surface area (Å²) in [5.41, 5.74) is -0.711. The van der Waals surface area contributed by atoms with Crippen LogP contribution in [0.4, 0.5) is 11.4 Å². The number of nitrogens with zero attached hydrogens (tertiary/aromatic N) is 2. The van der Waals surface area contributed by atoms with Crippen molar-refractivity contribution in [1.29, 1.82) is 0 Å². The molecular formula is C15H10BrClN2O7. The van der Waals surface area contributed by atoms with E-state index >= 15 is 0 Å². The smallest absolute Gasteiger partial charge is 0.312 e. The Morgan fingerprint density at radius 3 is 2.31 bits per heavy atom. The molecule has 2 aromatic rings. The molecule has 0 radical (unpaired) electrons. The molecule has 0 amide bonds. The van der Waals surface area contributed by atoms with E-state index in [-0.39, 0.29) is 22.9 Å². The van der Waals surface area contributed by atoms with Crippen LogP contribution in [-0.2, 0) is 4.79 Å². The molecular weight excluding hydrogens is 436 g/mol. The molecule has 1 atom stereocenters. The van der Waals surface area contributed by atoms with Crippen molar-refractivity contribution >= 4 is 44.1 Å². The van der Waals surface area contributed by atoms with Gasteiger partial charge in [0.05, 0.1) is 9.85 Å². The van der Waals surface area contributed by atoms with E-state index in [4.69, 9.17) is 21.1 Å². The Morgan fingerprint density at radius 1 is 1.08 bits per heavy atom. The van der Waals surface area contributed by atoms with Gasteiger partial charge in [0.1, 0.15) is 5.75 Å². The molecule has 0 spiro atoms. The molecule has 0 saturated heterocycles. The number of carbonyl (C=O) groups excluding carboxylic acids is 1. The van der Waals surface area contributed by atoms with Gasteiger partial charge >= 0.3 is 11.4 Å². The summed E-state index contributed by atoms with van der Waals surface area (Å²) >= 11 is 8.43. The van der Waals surface area contributed by atoms with Crippen molar-refractivity contribution in [2.24, 2.45) is 0 Å². The van der Waals surface area contributed by atoms with Crippen LogP contribution in [0.1, 0.15) is 6.92 Å². The molecule has 0 bridgehead atoms. The number of nitro groups is 2. The molecule has 11 heteroatoms. The summed E-state index contributed by atoms with van der Waals surface area (Å²) in [7, 11) is 0. The van der Waals surface area contributed by atoms with E-state index < -0.39 is 26.9 Å². The van der Waals surface area contributed by atoms with Gasteiger partial charge in [-0.15, -0.1) is 0 Å². The normalized spacial score (nSPS) is 11.5. The fourth-order valence-corrected chi connectivity index (χ4v) is 2.28. The van der Waals surface area contributed by atoms with Gasteiger partial charge in [0.25, 0.3) is 5.24 Å². The Morgan fingerprint density at radius 2 is 1.73 bits per heavy atom. The molecule has 2 rings (SSSR count). The molecule has 0 aliphatic carbocycles. The number of carbonyl (C=O) groups is 1. The Bertz CT molecular complexity index is 890. The van der Waals surface area contributed by atoms with Crippen LogP contribution in [0.15, 0.2) is 40.9 Å². The van der Waals surface area contributed by atoms with Crippen molar-refractivity contribution in [1.82, 2.24) is 0 Å². The van der Waals surface area contributed by atoms with Crippen LogP contribution >= 0.6 is 27.5 Å². The topological polar surface area (TPSA) is 122 Å². The fourth-order valence-electron chi connectivity index (χ4n) is 1.89. The third-order valence-electron chi connectivity index (χ3n) is 3.10. The van der Waals surface area contributed by atoms with Crippen molar-refractivity contribution < 1.29 is 24.1 Å². The Balaban J connectivity index is 2.41. The van der Waals surface area contributed by atoms with E-state index in [0.29, 0.717) is 4.47 Å². The molecule has 0 aliphatic heterocycles. The van der Waals surface area contributed by atoms with Crippen molar-refractivity contribution in [3.8, 4) is 17.2 Å². The van der Waals surface area contributed by atoms with Crippen molar-refractivity contribution in [3.63, 3.8) is 0 Å². The van der Waals surface area contributed by atoms with Crippen LogP contribution in [0.3, 0.4) is 0 Å². The maximum absolute atomic E-state index is 11.1. The van der Waals surface area contributed by atoms with E-state index in [1.54, 1.807) is 6.07 Å². The molecule has 0 aromatic heterocycles. The largest absolute Gasteiger partial charge is 0.474 e. The molecule has 0 heterocycles. The third-order valence-corrected chi connectivity index (χ3v) is 3.90. The van der Waals surface area contributed by atoms with Gasteiger partial charge in [-0.1, -0.05) is 15.9 Å². The second kappa shape index (κ2) is 8.11. The highest BCUT2D eigenvalue weighted by Crippen LogP contribution is 2.37. The number of halogens is 2. The number of hydrogen-bond donors (Lipinski definition) is 0. The Kier molecular flexibility index (Phi) is 6.11. The van der Waals surface area contributed by atoms with E-state index in [2.05, 4.69) is 15.9 Å². The summed E-state index contributed by atoms with van der Waals surface area (Å²) in [5, 5.41) is 21.4. The minimum atomic E-state index is -1.13. The van der Waals surface area contributed by atoms with Crippen molar-refractivity contribution in [2.45, 2.75) is 13.0 Å². The monoisotopic (exact) mass is 444 g/mol. The molecule has 26 heavy (non-hydrogen) atoms. The van der Waals surface area contributed by atoms with Gasteiger partial charge in [-0.05, 0) is 36.7 Å². The summed E-state index contributed by atoms with van der Waals surface area (Å²) < 4.78 is 11.1. The summed E-state index contributed by atoms with van der Waals surface area (Å²) in [5.74, 6) is -0.279. The lowest BCUT2D eigenvalue weighted by atomic mass is 10.2. The number of rotatable bonds is 7. The molecule has 0 fully saturated rings. The first-order valence-electron chi connectivity index (χ1n) is 6.95. The first kappa shape index (κ1) is 19.6. The maximum Gasteiger partial charge on any atom is 0.312 e. The predicted octanol–water partition coefficient (Wildman–Crippen LogP) is 4.59. The molecule has 136 valence electrons. The lowest BCUT2D eigenvalue weighted by Gasteiger charge is -2.12. The summed E-state index contributed by atoms with van der Waals surface area (Å²) in [6.45, 7) is 1.33. The van der Waals surface area contributed by atoms with Crippen LogP contribution in [0.25, 0.3) is 0 Å². The molecule has 0 aliphatic rings. The number of nitro benzene ring substituents is 2. The van der Waals surface area contributed by atoms with E-state index in [1.165, 1.54) is 25.1 Å². The Labute approximate surface area is 159 Å². The molecule has 9 nitrogen and oxygen atoms in total. The van der Waals surface area contributed by atoms with E-state index in [1.807, 2.05) is 0 Å². The SMILES string of the molecule is CC(Oc1cc(Oc2ccc(Br)cc2[N+](=O)[O-])ccc1[N+](=O)[O-])C(=O)Cl. The fraction of sp³-hybridized carbons (Fsp3) is 0.133. The van der Waals surface area contributed by atoms with Gasteiger partial charge in [-0.2, -0.15) is 0 Å². The number of benzene rings is 2. The zero-order chi connectivity index (χ0) is 19.4. The summed E-state index contributed by atoms with van der Waals surface area (Å²) in [6, 6.07) is 7.67. The van der Waals surface area contributed by atoms with Gasteiger partial charge < -0.3 is 9.47 Å². The van der Waals surface area contributed by atoms with Crippen LogP contribution in [0.5, 0.6) is 17.2 Å². The van der Waals surface area contributed by atoms with E-state index in [0.717, 1.165) is 12.1 Å². The summed E-state index contributed by atoms with van der Waals surface area (Å²) in [6.07, 6.45) is -1.13. The molecule has 1 unspecified atom stereocenters. The number of hydrogen-bond acceptors (Lipinski definition) is 7. The standard InChI is InChI=1S/C15H10BrClN2O7/c1-8(15(17)20)25-14-7-10(3-4-11(14)18(21)22)26-13-5-2-9(16)6-12(13)19(23)24/h2-8H,1H3. The van der Waals surface area contributed by atoms with Crippen LogP contribution < -0.4 is 9.47 Å².